The number of hydrogen-bond donors (Lipinski definition) is 2. The van der Waals surface area contributed by atoms with Crippen molar-refractivity contribution in [3.63, 3.8) is 0 Å². The van der Waals surface area contributed by atoms with Gasteiger partial charge in [0.15, 0.2) is 0 Å². The minimum absolute atomic E-state index is 0.181. The smallest absolute Gasteiger partial charge is 0.270 e. The van der Waals surface area contributed by atoms with E-state index in [4.69, 9.17) is 0 Å². The van der Waals surface area contributed by atoms with Crippen LogP contribution >= 0.6 is 0 Å². The van der Waals surface area contributed by atoms with Crippen molar-refractivity contribution in [2.45, 2.75) is 32.1 Å². The number of H-pyrrole nitrogens is 1. The predicted octanol–water partition coefficient (Wildman–Crippen LogP) is 1.08. The molecule has 5 nitrogen and oxygen atoms in total. The molecule has 1 aromatic heterocycles. The molecule has 0 saturated heterocycles. The third kappa shape index (κ3) is 3.41. The van der Waals surface area contributed by atoms with Crippen LogP contribution in [-0.4, -0.2) is 22.4 Å². The summed E-state index contributed by atoms with van der Waals surface area (Å²) in [7, 11) is 0. The van der Waals surface area contributed by atoms with Crippen LogP contribution in [0.1, 0.15) is 42.6 Å². The van der Waals surface area contributed by atoms with E-state index in [9.17, 15) is 9.59 Å². The van der Waals surface area contributed by atoms with Gasteiger partial charge in [-0.25, -0.2) is 4.98 Å². The van der Waals surface area contributed by atoms with Gasteiger partial charge in [0, 0.05) is 12.6 Å². The fourth-order valence-electron chi connectivity index (χ4n) is 2.27. The summed E-state index contributed by atoms with van der Waals surface area (Å²) in [6.45, 7) is 0.665. The lowest BCUT2D eigenvalue weighted by Gasteiger charge is -2.09. The average Bonchev–Trinajstić information content (AvgIpc) is 2.82. The Morgan fingerprint density at radius 1 is 1.47 bits per heavy atom. The Balaban J connectivity index is 1.79. The van der Waals surface area contributed by atoms with E-state index in [1.165, 1.54) is 38.1 Å². The topological polar surface area (TPSA) is 74.8 Å². The maximum absolute atomic E-state index is 11.6. The first-order valence-corrected chi connectivity index (χ1v) is 6.08. The summed E-state index contributed by atoms with van der Waals surface area (Å²) in [4.78, 5) is 28.8. The van der Waals surface area contributed by atoms with E-state index >= 15 is 0 Å². The quantitative estimate of drug-likeness (QED) is 0.820. The zero-order valence-electron chi connectivity index (χ0n) is 9.74. The molecule has 0 aromatic carbocycles. The predicted molar refractivity (Wildman–Crippen MR) is 63.8 cm³/mol. The van der Waals surface area contributed by atoms with Crippen molar-refractivity contribution in [3.8, 4) is 0 Å². The largest absolute Gasteiger partial charge is 0.351 e. The highest BCUT2D eigenvalue weighted by molar-refractivity contribution is 5.91. The molecule has 0 atom stereocenters. The number of carbonyl (C=O) groups excluding carboxylic acids is 1. The van der Waals surface area contributed by atoms with Gasteiger partial charge in [0.25, 0.3) is 11.5 Å². The second-order valence-corrected chi connectivity index (χ2v) is 4.49. The van der Waals surface area contributed by atoms with Crippen LogP contribution in [0.4, 0.5) is 0 Å². The van der Waals surface area contributed by atoms with Gasteiger partial charge < -0.3 is 10.3 Å². The molecule has 1 aromatic rings. The van der Waals surface area contributed by atoms with E-state index in [0.29, 0.717) is 6.54 Å². The van der Waals surface area contributed by atoms with Crippen molar-refractivity contribution in [1.82, 2.24) is 15.3 Å². The van der Waals surface area contributed by atoms with Crippen molar-refractivity contribution in [2.75, 3.05) is 6.54 Å². The molecule has 2 rings (SSSR count). The van der Waals surface area contributed by atoms with Gasteiger partial charge in [0.05, 0.1) is 6.33 Å². The van der Waals surface area contributed by atoms with Gasteiger partial charge >= 0.3 is 0 Å². The molecule has 92 valence electrons. The molecular weight excluding hydrogens is 218 g/mol. The first-order valence-electron chi connectivity index (χ1n) is 6.08. The maximum atomic E-state index is 11.6. The fraction of sp³-hybridized carbons (Fsp3) is 0.583. The molecule has 1 amide bonds. The second kappa shape index (κ2) is 5.61. The van der Waals surface area contributed by atoms with Crippen LogP contribution in [0.25, 0.3) is 0 Å². The van der Waals surface area contributed by atoms with Crippen LogP contribution in [0.3, 0.4) is 0 Å². The summed E-state index contributed by atoms with van der Waals surface area (Å²) in [5, 5.41) is 2.80. The van der Waals surface area contributed by atoms with Crippen LogP contribution < -0.4 is 10.9 Å². The minimum Gasteiger partial charge on any atom is -0.351 e. The SMILES string of the molecule is O=C(NCCC1CCCC1)c1cc(=O)[nH]cn1. The Bertz CT molecular complexity index is 435. The summed E-state index contributed by atoms with van der Waals surface area (Å²) < 4.78 is 0. The second-order valence-electron chi connectivity index (χ2n) is 4.49. The number of carbonyl (C=O) groups is 1. The summed E-state index contributed by atoms with van der Waals surface area (Å²) in [6.07, 6.45) is 7.45. The number of amides is 1. The third-order valence-corrected chi connectivity index (χ3v) is 3.22. The molecule has 0 unspecified atom stereocenters. The van der Waals surface area contributed by atoms with Crippen LogP contribution in [0, 0.1) is 5.92 Å². The van der Waals surface area contributed by atoms with Gasteiger partial charge in [0.2, 0.25) is 0 Å². The van der Waals surface area contributed by atoms with Crippen LogP contribution in [0.2, 0.25) is 0 Å². The Morgan fingerprint density at radius 3 is 2.94 bits per heavy atom. The number of aromatic amines is 1. The van der Waals surface area contributed by atoms with Crippen LogP contribution in [-0.2, 0) is 0 Å². The van der Waals surface area contributed by atoms with Crippen molar-refractivity contribution in [2.24, 2.45) is 5.92 Å². The summed E-state index contributed by atoms with van der Waals surface area (Å²) in [5.41, 5.74) is -0.124. The van der Waals surface area contributed by atoms with Crippen LogP contribution in [0.5, 0.6) is 0 Å². The van der Waals surface area contributed by atoms with Gasteiger partial charge in [-0.15, -0.1) is 0 Å². The van der Waals surface area contributed by atoms with Crippen molar-refractivity contribution >= 4 is 5.91 Å². The molecule has 1 heterocycles. The highest BCUT2D eigenvalue weighted by Crippen LogP contribution is 2.26. The number of rotatable bonds is 4. The molecule has 0 radical (unpaired) electrons. The van der Waals surface area contributed by atoms with E-state index in [0.717, 1.165) is 12.3 Å². The average molecular weight is 235 g/mol. The lowest BCUT2D eigenvalue weighted by molar-refractivity contribution is 0.0946. The third-order valence-electron chi connectivity index (χ3n) is 3.22. The summed E-state index contributed by atoms with van der Waals surface area (Å²) in [6, 6.07) is 1.21. The normalized spacial score (nSPS) is 16.0. The van der Waals surface area contributed by atoms with Gasteiger partial charge in [0.1, 0.15) is 5.69 Å². The van der Waals surface area contributed by atoms with E-state index in [-0.39, 0.29) is 17.2 Å². The molecule has 5 heteroatoms. The van der Waals surface area contributed by atoms with Gasteiger partial charge in [-0.1, -0.05) is 25.7 Å². The highest BCUT2D eigenvalue weighted by Gasteiger charge is 2.15. The fourth-order valence-corrected chi connectivity index (χ4v) is 2.27. The van der Waals surface area contributed by atoms with E-state index < -0.39 is 0 Å². The molecule has 0 spiro atoms. The number of hydrogen-bond acceptors (Lipinski definition) is 3. The molecule has 0 bridgehead atoms. The molecule has 1 aliphatic carbocycles. The van der Waals surface area contributed by atoms with Gasteiger partial charge in [-0.05, 0) is 12.3 Å². The van der Waals surface area contributed by atoms with E-state index in [2.05, 4.69) is 15.3 Å². The molecule has 1 saturated carbocycles. The Kier molecular flexibility index (Phi) is 3.90. The van der Waals surface area contributed by atoms with Gasteiger partial charge in [-0.2, -0.15) is 0 Å². The standard InChI is InChI=1S/C12H17N3O2/c16-11-7-10(14-8-15-11)12(17)13-6-5-9-3-1-2-4-9/h7-9H,1-6H2,(H,13,17)(H,14,15,16). The molecule has 1 fully saturated rings. The zero-order chi connectivity index (χ0) is 12.1. The lowest BCUT2D eigenvalue weighted by atomic mass is 10.0. The van der Waals surface area contributed by atoms with E-state index in [1.54, 1.807) is 0 Å². The van der Waals surface area contributed by atoms with Crippen molar-refractivity contribution < 1.29 is 4.79 Å². The summed E-state index contributed by atoms with van der Waals surface area (Å²) in [5.74, 6) is 0.483. The number of nitrogens with one attached hydrogen (secondary N) is 2. The first-order chi connectivity index (χ1) is 8.25. The van der Waals surface area contributed by atoms with Crippen molar-refractivity contribution in [1.29, 1.82) is 0 Å². The van der Waals surface area contributed by atoms with E-state index in [1.807, 2.05) is 0 Å². The molecule has 1 aliphatic rings. The Labute approximate surface area is 99.7 Å². The lowest BCUT2D eigenvalue weighted by Crippen LogP contribution is -2.27. The van der Waals surface area contributed by atoms with Crippen molar-refractivity contribution in [3.05, 3.63) is 28.4 Å². The monoisotopic (exact) mass is 235 g/mol. The molecule has 0 aliphatic heterocycles. The number of nitrogens with zero attached hydrogens (tertiary/aromatic N) is 1. The Morgan fingerprint density at radius 2 is 2.24 bits per heavy atom. The Hall–Kier alpha value is -1.65. The minimum atomic E-state index is -0.305. The first kappa shape index (κ1) is 11.8. The molecule has 2 N–H and O–H groups in total. The molecular formula is C12H17N3O2. The zero-order valence-corrected chi connectivity index (χ0v) is 9.74. The number of aromatic nitrogens is 2. The van der Waals surface area contributed by atoms with Gasteiger partial charge in [-0.3, -0.25) is 9.59 Å². The highest BCUT2D eigenvalue weighted by atomic mass is 16.2. The summed E-state index contributed by atoms with van der Waals surface area (Å²) >= 11 is 0. The maximum Gasteiger partial charge on any atom is 0.270 e. The van der Waals surface area contributed by atoms with Crippen LogP contribution in [0.15, 0.2) is 17.2 Å². The molecule has 17 heavy (non-hydrogen) atoms.